The van der Waals surface area contributed by atoms with Crippen LogP contribution in [0, 0.1) is 0 Å². The summed E-state index contributed by atoms with van der Waals surface area (Å²) in [4.78, 5) is 26.2. The van der Waals surface area contributed by atoms with Crippen LogP contribution in [0.1, 0.15) is 36.5 Å². The molecular formula is C27H29F3N2O5. The maximum Gasteiger partial charge on any atom is 0.416 e. The van der Waals surface area contributed by atoms with Crippen molar-refractivity contribution in [3.8, 4) is 11.5 Å². The number of alkyl halides is 3. The van der Waals surface area contributed by atoms with Gasteiger partial charge < -0.3 is 24.8 Å². The molecule has 0 saturated heterocycles. The number of dihydropyridines is 1. The molecule has 1 atom stereocenters. The predicted octanol–water partition coefficient (Wildman–Crippen LogP) is 4.49. The number of carbonyl (C=O) groups excluding carboxylic acids is 2. The summed E-state index contributed by atoms with van der Waals surface area (Å²) in [5.74, 6) is -1.61. The summed E-state index contributed by atoms with van der Waals surface area (Å²) < 4.78 is 57.3. The summed E-state index contributed by atoms with van der Waals surface area (Å²) in [5.41, 5.74) is 0.323. The fourth-order valence-corrected chi connectivity index (χ4v) is 4.45. The quantitative estimate of drug-likeness (QED) is 0.501. The molecule has 1 aliphatic rings. The van der Waals surface area contributed by atoms with Crippen molar-refractivity contribution in [1.29, 1.82) is 0 Å². The van der Waals surface area contributed by atoms with Gasteiger partial charge in [0.25, 0.3) is 0 Å². The molecule has 2 aromatic carbocycles. The average Bonchev–Trinajstić information content (AvgIpc) is 2.87. The Morgan fingerprint density at radius 1 is 0.946 bits per heavy atom. The van der Waals surface area contributed by atoms with E-state index in [0.29, 0.717) is 29.3 Å². The van der Waals surface area contributed by atoms with Crippen LogP contribution in [0.15, 0.2) is 65.0 Å². The van der Waals surface area contributed by atoms with Gasteiger partial charge in [-0.05, 0) is 49.6 Å². The van der Waals surface area contributed by atoms with Gasteiger partial charge in [0.1, 0.15) is 0 Å². The first kappa shape index (κ1) is 27.6. The zero-order valence-corrected chi connectivity index (χ0v) is 21.2. The van der Waals surface area contributed by atoms with Crippen LogP contribution >= 0.6 is 0 Å². The van der Waals surface area contributed by atoms with Crippen LogP contribution in [0.2, 0.25) is 0 Å². The standard InChI is InChI=1S/C27H29F3N2O5/c1-15-22(25(33)31-13-12-17-10-11-20(35-3)21(14-17)36-4)24(23(16(2)32-15)26(34)37-5)18-8-6-7-9-19(18)27(28,29)30/h6-11,14,24,32H,12-13H2,1-5H3,(H,31,33). The van der Waals surface area contributed by atoms with Gasteiger partial charge in [-0.15, -0.1) is 0 Å². The zero-order chi connectivity index (χ0) is 27.3. The van der Waals surface area contributed by atoms with Gasteiger partial charge in [0, 0.05) is 23.5 Å². The van der Waals surface area contributed by atoms with E-state index in [1.165, 1.54) is 32.4 Å². The van der Waals surface area contributed by atoms with Gasteiger partial charge in [0.05, 0.1) is 38.4 Å². The number of halogens is 3. The second-order valence-corrected chi connectivity index (χ2v) is 8.41. The van der Waals surface area contributed by atoms with Crippen molar-refractivity contribution >= 4 is 11.9 Å². The predicted molar refractivity (Wildman–Crippen MR) is 131 cm³/mol. The molecule has 7 nitrogen and oxygen atoms in total. The van der Waals surface area contributed by atoms with E-state index in [1.54, 1.807) is 26.0 Å². The smallest absolute Gasteiger partial charge is 0.416 e. The van der Waals surface area contributed by atoms with Crippen molar-refractivity contribution in [2.24, 2.45) is 0 Å². The molecule has 1 heterocycles. The number of amides is 1. The van der Waals surface area contributed by atoms with E-state index in [2.05, 4.69) is 10.6 Å². The summed E-state index contributed by atoms with van der Waals surface area (Å²) in [7, 11) is 4.18. The van der Waals surface area contributed by atoms with Crippen molar-refractivity contribution in [1.82, 2.24) is 10.6 Å². The first-order chi connectivity index (χ1) is 17.5. The Labute approximate surface area is 213 Å². The van der Waals surface area contributed by atoms with Gasteiger partial charge in [0.2, 0.25) is 5.91 Å². The Morgan fingerprint density at radius 2 is 1.59 bits per heavy atom. The van der Waals surface area contributed by atoms with Gasteiger partial charge in [0.15, 0.2) is 11.5 Å². The van der Waals surface area contributed by atoms with E-state index in [4.69, 9.17) is 14.2 Å². The lowest BCUT2D eigenvalue weighted by Gasteiger charge is -2.32. The lowest BCUT2D eigenvalue weighted by atomic mass is 9.78. The van der Waals surface area contributed by atoms with E-state index < -0.39 is 29.5 Å². The van der Waals surface area contributed by atoms with Gasteiger partial charge in [-0.1, -0.05) is 24.3 Å². The number of methoxy groups -OCH3 is 3. The third-order valence-electron chi connectivity index (χ3n) is 6.13. The molecular weight excluding hydrogens is 489 g/mol. The molecule has 1 aliphatic heterocycles. The molecule has 0 fully saturated rings. The molecule has 1 unspecified atom stereocenters. The highest BCUT2D eigenvalue weighted by Crippen LogP contribution is 2.44. The first-order valence-electron chi connectivity index (χ1n) is 11.5. The maximum atomic E-state index is 14.0. The highest BCUT2D eigenvalue weighted by Gasteiger charge is 2.42. The van der Waals surface area contributed by atoms with Crippen LogP contribution in [0.5, 0.6) is 11.5 Å². The molecule has 2 N–H and O–H groups in total. The Bertz CT molecular complexity index is 1250. The van der Waals surface area contributed by atoms with Crippen LogP contribution in [0.3, 0.4) is 0 Å². The SMILES string of the molecule is COC(=O)C1=C(C)NC(C)=C(C(=O)NCCc2ccc(OC)c(OC)c2)C1c1ccccc1C(F)(F)F. The van der Waals surface area contributed by atoms with Crippen LogP contribution < -0.4 is 20.1 Å². The normalized spacial score (nSPS) is 15.7. The number of benzene rings is 2. The molecule has 0 bridgehead atoms. The fourth-order valence-electron chi connectivity index (χ4n) is 4.45. The summed E-state index contributed by atoms with van der Waals surface area (Å²) in [6.45, 7) is 3.34. The van der Waals surface area contributed by atoms with Crippen molar-refractivity contribution in [2.75, 3.05) is 27.9 Å². The largest absolute Gasteiger partial charge is 0.493 e. The third-order valence-corrected chi connectivity index (χ3v) is 6.13. The molecule has 0 saturated carbocycles. The molecule has 2 aromatic rings. The second-order valence-electron chi connectivity index (χ2n) is 8.41. The van der Waals surface area contributed by atoms with Gasteiger partial charge >= 0.3 is 12.1 Å². The van der Waals surface area contributed by atoms with Crippen molar-refractivity contribution in [3.05, 3.63) is 81.7 Å². The highest BCUT2D eigenvalue weighted by molar-refractivity contribution is 6.02. The van der Waals surface area contributed by atoms with E-state index in [0.717, 1.165) is 18.7 Å². The summed E-state index contributed by atoms with van der Waals surface area (Å²) >= 11 is 0. The van der Waals surface area contributed by atoms with E-state index in [9.17, 15) is 22.8 Å². The summed E-state index contributed by atoms with van der Waals surface area (Å²) in [6, 6.07) is 10.3. The van der Waals surface area contributed by atoms with Crippen molar-refractivity contribution in [3.63, 3.8) is 0 Å². The minimum atomic E-state index is -4.69. The lowest BCUT2D eigenvalue weighted by molar-refractivity contribution is -0.139. The fraction of sp³-hybridized carbons (Fsp3) is 0.333. The molecule has 1 amide bonds. The van der Waals surface area contributed by atoms with E-state index in [-0.39, 0.29) is 23.3 Å². The number of allylic oxidation sites excluding steroid dienone is 2. The van der Waals surface area contributed by atoms with Crippen LogP contribution in [-0.4, -0.2) is 39.8 Å². The van der Waals surface area contributed by atoms with Gasteiger partial charge in [-0.2, -0.15) is 13.2 Å². The summed E-state index contributed by atoms with van der Waals surface area (Å²) in [5, 5.41) is 5.74. The van der Waals surface area contributed by atoms with E-state index in [1.807, 2.05) is 6.07 Å². The Morgan fingerprint density at radius 3 is 2.22 bits per heavy atom. The molecule has 0 aliphatic carbocycles. The van der Waals surface area contributed by atoms with Crippen molar-refractivity contribution in [2.45, 2.75) is 32.4 Å². The highest BCUT2D eigenvalue weighted by atomic mass is 19.4. The molecule has 0 aromatic heterocycles. The minimum Gasteiger partial charge on any atom is -0.493 e. The zero-order valence-electron chi connectivity index (χ0n) is 21.2. The Kier molecular flexibility index (Phi) is 8.52. The Balaban J connectivity index is 1.96. The maximum absolute atomic E-state index is 14.0. The summed E-state index contributed by atoms with van der Waals surface area (Å²) in [6.07, 6.45) is -4.27. The van der Waals surface area contributed by atoms with Crippen molar-refractivity contribution < 1.29 is 37.0 Å². The van der Waals surface area contributed by atoms with E-state index >= 15 is 0 Å². The first-order valence-corrected chi connectivity index (χ1v) is 11.5. The lowest BCUT2D eigenvalue weighted by Crippen LogP contribution is -2.37. The second kappa shape index (κ2) is 11.4. The van der Waals surface area contributed by atoms with Crippen LogP contribution in [0.4, 0.5) is 13.2 Å². The molecule has 0 radical (unpaired) electrons. The van der Waals surface area contributed by atoms with Gasteiger partial charge in [-0.3, -0.25) is 4.79 Å². The topological polar surface area (TPSA) is 85.9 Å². The molecule has 198 valence electrons. The van der Waals surface area contributed by atoms with Gasteiger partial charge in [-0.25, -0.2) is 4.79 Å². The number of hydrogen-bond donors (Lipinski definition) is 2. The third kappa shape index (κ3) is 5.90. The Hall–Kier alpha value is -3.95. The number of rotatable bonds is 8. The molecule has 37 heavy (non-hydrogen) atoms. The number of ether oxygens (including phenoxy) is 3. The molecule has 10 heteroatoms. The number of carbonyl (C=O) groups is 2. The average molecular weight is 519 g/mol. The number of hydrogen-bond acceptors (Lipinski definition) is 6. The molecule has 3 rings (SSSR count). The monoisotopic (exact) mass is 518 g/mol. The number of esters is 1. The molecule has 0 spiro atoms. The number of nitrogens with one attached hydrogen (secondary N) is 2. The van der Waals surface area contributed by atoms with Crippen LogP contribution in [-0.2, 0) is 26.9 Å². The van der Waals surface area contributed by atoms with Crippen LogP contribution in [0.25, 0.3) is 0 Å². The minimum absolute atomic E-state index is 0.00927.